The summed E-state index contributed by atoms with van der Waals surface area (Å²) in [5.74, 6) is 3.58. The van der Waals surface area contributed by atoms with Gasteiger partial charge in [0.1, 0.15) is 12.0 Å². The van der Waals surface area contributed by atoms with Crippen molar-refractivity contribution in [2.75, 3.05) is 7.11 Å². The minimum absolute atomic E-state index is 0.263. The van der Waals surface area contributed by atoms with Gasteiger partial charge in [0.2, 0.25) is 0 Å². The Morgan fingerprint density at radius 3 is 2.20 bits per heavy atom. The molecule has 0 N–H and O–H groups in total. The Bertz CT molecular complexity index is 511. The van der Waals surface area contributed by atoms with Gasteiger partial charge in [-0.15, -0.1) is 0 Å². The van der Waals surface area contributed by atoms with E-state index in [2.05, 4.69) is 6.07 Å². The number of benzene rings is 1. The first-order valence-corrected chi connectivity index (χ1v) is 7.86. The van der Waals surface area contributed by atoms with Crippen LogP contribution in [0, 0.1) is 17.8 Å². The third-order valence-corrected chi connectivity index (χ3v) is 6.00. The molecule has 0 atom stereocenters. The molecular weight excluding hydrogens is 248 g/mol. The molecule has 0 saturated heterocycles. The average Bonchev–Trinajstić information content (AvgIpc) is 2.45. The normalized spacial score (nSPS) is 38.0. The number of carbonyl (C=O) groups excluding carboxylic acids is 1. The minimum Gasteiger partial charge on any atom is -0.497 e. The molecule has 0 aromatic heterocycles. The SMILES string of the molecule is COc1ccc(C=O)c(C23CC4CC(CC(C4)C2)C3)c1. The van der Waals surface area contributed by atoms with Gasteiger partial charge in [-0.25, -0.2) is 0 Å². The molecule has 1 aromatic carbocycles. The molecule has 20 heavy (non-hydrogen) atoms. The predicted octanol–water partition coefficient (Wildman–Crippen LogP) is 3.98. The maximum absolute atomic E-state index is 11.5. The summed E-state index contributed by atoms with van der Waals surface area (Å²) < 4.78 is 5.40. The van der Waals surface area contributed by atoms with Crippen LogP contribution in [0.1, 0.15) is 54.4 Å². The topological polar surface area (TPSA) is 26.3 Å². The molecule has 4 bridgehead atoms. The summed E-state index contributed by atoms with van der Waals surface area (Å²) in [6.07, 6.45) is 9.18. The maximum Gasteiger partial charge on any atom is 0.150 e. The Labute approximate surface area is 120 Å². The molecule has 4 aliphatic carbocycles. The molecule has 5 rings (SSSR count). The van der Waals surface area contributed by atoms with Crippen molar-refractivity contribution in [1.29, 1.82) is 0 Å². The van der Waals surface area contributed by atoms with Gasteiger partial charge in [-0.2, -0.15) is 0 Å². The Hall–Kier alpha value is -1.31. The van der Waals surface area contributed by atoms with Crippen molar-refractivity contribution in [3.05, 3.63) is 29.3 Å². The molecular formula is C18H22O2. The van der Waals surface area contributed by atoms with E-state index in [0.717, 1.165) is 35.4 Å². The lowest BCUT2D eigenvalue weighted by Gasteiger charge is -2.57. The molecule has 0 unspecified atom stereocenters. The quantitative estimate of drug-likeness (QED) is 0.777. The van der Waals surface area contributed by atoms with Crippen molar-refractivity contribution in [2.24, 2.45) is 17.8 Å². The third-order valence-electron chi connectivity index (χ3n) is 6.00. The Balaban J connectivity index is 1.81. The molecule has 0 spiro atoms. The van der Waals surface area contributed by atoms with E-state index in [4.69, 9.17) is 4.74 Å². The smallest absolute Gasteiger partial charge is 0.150 e. The lowest BCUT2D eigenvalue weighted by atomic mass is 9.47. The number of methoxy groups -OCH3 is 1. The van der Waals surface area contributed by atoms with E-state index in [-0.39, 0.29) is 5.41 Å². The first kappa shape index (κ1) is 12.4. The van der Waals surface area contributed by atoms with Gasteiger partial charge in [0, 0.05) is 5.56 Å². The number of ether oxygens (including phenoxy) is 1. The Morgan fingerprint density at radius 1 is 1.10 bits per heavy atom. The average molecular weight is 270 g/mol. The van der Waals surface area contributed by atoms with Gasteiger partial charge in [0.15, 0.2) is 0 Å². The monoisotopic (exact) mass is 270 g/mol. The highest BCUT2D eigenvalue weighted by molar-refractivity contribution is 5.78. The van der Waals surface area contributed by atoms with Gasteiger partial charge in [-0.3, -0.25) is 4.79 Å². The van der Waals surface area contributed by atoms with E-state index < -0.39 is 0 Å². The summed E-state index contributed by atoms with van der Waals surface area (Å²) in [5, 5.41) is 0. The summed E-state index contributed by atoms with van der Waals surface area (Å²) in [5.41, 5.74) is 2.42. The molecule has 0 aliphatic heterocycles. The van der Waals surface area contributed by atoms with Crippen molar-refractivity contribution in [3.8, 4) is 5.75 Å². The zero-order valence-corrected chi connectivity index (χ0v) is 12.1. The maximum atomic E-state index is 11.5. The molecule has 0 heterocycles. The second-order valence-corrected chi connectivity index (χ2v) is 7.27. The number of hydrogen-bond donors (Lipinski definition) is 0. The van der Waals surface area contributed by atoms with Gasteiger partial charge in [0.25, 0.3) is 0 Å². The van der Waals surface area contributed by atoms with Gasteiger partial charge in [-0.1, -0.05) is 0 Å². The number of aldehydes is 1. The van der Waals surface area contributed by atoms with E-state index in [0.29, 0.717) is 0 Å². The lowest BCUT2D eigenvalue weighted by molar-refractivity contribution is -0.00551. The predicted molar refractivity (Wildman–Crippen MR) is 78.2 cm³/mol. The molecule has 2 heteroatoms. The van der Waals surface area contributed by atoms with Crippen LogP contribution in [0.5, 0.6) is 5.75 Å². The van der Waals surface area contributed by atoms with Crippen LogP contribution in [-0.2, 0) is 5.41 Å². The van der Waals surface area contributed by atoms with E-state index in [9.17, 15) is 4.79 Å². The summed E-state index contributed by atoms with van der Waals surface area (Å²) in [6.45, 7) is 0. The zero-order valence-electron chi connectivity index (χ0n) is 12.1. The lowest BCUT2D eigenvalue weighted by Crippen LogP contribution is -2.48. The first-order chi connectivity index (χ1) is 9.72. The second-order valence-electron chi connectivity index (χ2n) is 7.27. The zero-order chi connectivity index (χ0) is 13.7. The Kier molecular flexibility index (Phi) is 2.70. The van der Waals surface area contributed by atoms with Crippen LogP contribution in [0.25, 0.3) is 0 Å². The van der Waals surface area contributed by atoms with Gasteiger partial charge >= 0.3 is 0 Å². The molecule has 2 nitrogen and oxygen atoms in total. The van der Waals surface area contributed by atoms with Crippen molar-refractivity contribution in [3.63, 3.8) is 0 Å². The van der Waals surface area contributed by atoms with Crippen LogP contribution in [0.2, 0.25) is 0 Å². The van der Waals surface area contributed by atoms with Gasteiger partial charge in [-0.05, 0) is 85.5 Å². The highest BCUT2D eigenvalue weighted by Gasteiger charge is 2.52. The molecule has 4 fully saturated rings. The highest BCUT2D eigenvalue weighted by atomic mass is 16.5. The van der Waals surface area contributed by atoms with Crippen LogP contribution in [0.3, 0.4) is 0 Å². The summed E-state index contributed by atoms with van der Waals surface area (Å²) in [7, 11) is 1.71. The van der Waals surface area contributed by atoms with Gasteiger partial charge in [0.05, 0.1) is 7.11 Å². The fraction of sp³-hybridized carbons (Fsp3) is 0.611. The fourth-order valence-corrected chi connectivity index (χ4v) is 5.66. The number of carbonyl (C=O) groups is 1. The molecule has 0 amide bonds. The van der Waals surface area contributed by atoms with E-state index in [1.807, 2.05) is 12.1 Å². The fourth-order valence-electron chi connectivity index (χ4n) is 5.66. The third kappa shape index (κ3) is 1.73. The van der Waals surface area contributed by atoms with Crippen LogP contribution in [-0.4, -0.2) is 13.4 Å². The molecule has 1 aromatic rings. The summed E-state index contributed by atoms with van der Waals surface area (Å²) in [4.78, 5) is 11.5. The largest absolute Gasteiger partial charge is 0.497 e. The van der Waals surface area contributed by atoms with E-state index in [1.165, 1.54) is 44.1 Å². The van der Waals surface area contributed by atoms with Crippen LogP contribution >= 0.6 is 0 Å². The Morgan fingerprint density at radius 2 is 1.70 bits per heavy atom. The van der Waals surface area contributed by atoms with E-state index in [1.54, 1.807) is 7.11 Å². The summed E-state index contributed by atoms with van der Waals surface area (Å²) in [6, 6.07) is 5.99. The van der Waals surface area contributed by atoms with Crippen molar-refractivity contribution in [2.45, 2.75) is 43.9 Å². The second kappa shape index (κ2) is 4.34. The first-order valence-electron chi connectivity index (χ1n) is 7.86. The molecule has 0 radical (unpaired) electrons. The molecule has 4 saturated carbocycles. The number of hydrogen-bond acceptors (Lipinski definition) is 2. The van der Waals surface area contributed by atoms with Crippen LogP contribution < -0.4 is 4.74 Å². The standard InChI is InChI=1S/C18H22O2/c1-20-16-3-2-15(11-19)17(7-16)18-8-12-4-13(9-18)6-14(5-12)10-18/h2-3,7,11-14H,4-6,8-10H2,1H3. The molecule has 106 valence electrons. The van der Waals surface area contributed by atoms with Gasteiger partial charge < -0.3 is 4.74 Å². The summed E-state index contributed by atoms with van der Waals surface area (Å²) >= 11 is 0. The molecule has 4 aliphatic rings. The minimum atomic E-state index is 0.263. The van der Waals surface area contributed by atoms with Crippen LogP contribution in [0.4, 0.5) is 0 Å². The van der Waals surface area contributed by atoms with Crippen molar-refractivity contribution < 1.29 is 9.53 Å². The van der Waals surface area contributed by atoms with Crippen LogP contribution in [0.15, 0.2) is 18.2 Å². The number of rotatable bonds is 3. The van der Waals surface area contributed by atoms with Crippen molar-refractivity contribution >= 4 is 6.29 Å². The van der Waals surface area contributed by atoms with Crippen molar-refractivity contribution in [1.82, 2.24) is 0 Å². The van der Waals surface area contributed by atoms with E-state index >= 15 is 0 Å². The highest BCUT2D eigenvalue weighted by Crippen LogP contribution is 2.61.